The van der Waals surface area contributed by atoms with E-state index in [1.807, 2.05) is 39.8 Å². The summed E-state index contributed by atoms with van der Waals surface area (Å²) >= 11 is 0. The Hall–Kier alpha value is -4.94. The van der Waals surface area contributed by atoms with Crippen LogP contribution >= 0.6 is 0 Å². The van der Waals surface area contributed by atoms with E-state index in [1.54, 1.807) is 23.6 Å². The van der Waals surface area contributed by atoms with Crippen molar-refractivity contribution in [1.82, 2.24) is 24.3 Å². The Bertz CT molecular complexity index is 2220. The number of nitrogen functional groups attached to an aromatic ring is 1. The first kappa shape index (κ1) is 39.3. The first-order valence-corrected chi connectivity index (χ1v) is 17.5. The number of nitrogens with two attached hydrogens (primary N) is 1. The molecule has 7 nitrogen and oxygen atoms in total. The molecule has 0 spiro atoms. The van der Waals surface area contributed by atoms with Crippen molar-refractivity contribution in [3.05, 3.63) is 122 Å². The van der Waals surface area contributed by atoms with Crippen LogP contribution in [0, 0.1) is 37.3 Å². The predicted molar refractivity (Wildman–Crippen MR) is 195 cm³/mol. The van der Waals surface area contributed by atoms with Gasteiger partial charge in [-0.3, -0.25) is 14.0 Å². The summed E-state index contributed by atoms with van der Waals surface area (Å²) in [6, 6.07) is 10.8. The zero-order chi connectivity index (χ0) is 39.1. The van der Waals surface area contributed by atoms with Gasteiger partial charge in [0, 0.05) is 29.2 Å². The second-order valence-electron chi connectivity index (χ2n) is 14.3. The summed E-state index contributed by atoms with van der Waals surface area (Å²) in [4.78, 5) is 23.2. The van der Waals surface area contributed by atoms with Crippen LogP contribution in [0.5, 0.6) is 0 Å². The van der Waals surface area contributed by atoms with Gasteiger partial charge in [0.1, 0.15) is 28.8 Å². The fraction of sp³-hybridized carbons (Fsp3) is 0.400. The summed E-state index contributed by atoms with van der Waals surface area (Å²) in [6.45, 7) is 16.5. The van der Waals surface area contributed by atoms with Gasteiger partial charge in [-0.25, -0.2) is 27.5 Å². The van der Waals surface area contributed by atoms with Gasteiger partial charge in [0.25, 0.3) is 17.9 Å². The summed E-state index contributed by atoms with van der Waals surface area (Å²) in [5.41, 5.74) is 10.6. The monoisotopic (exact) mass is 738 g/mol. The molecule has 1 aliphatic carbocycles. The van der Waals surface area contributed by atoms with Gasteiger partial charge in [-0.2, -0.15) is 13.9 Å². The minimum atomic E-state index is -3.11. The lowest BCUT2D eigenvalue weighted by molar-refractivity contribution is -0.0528. The van der Waals surface area contributed by atoms with E-state index in [9.17, 15) is 31.1 Å². The van der Waals surface area contributed by atoms with Crippen molar-refractivity contribution in [2.45, 2.75) is 92.5 Å². The number of benzene rings is 2. The van der Waals surface area contributed by atoms with Gasteiger partial charge in [0.2, 0.25) is 0 Å². The third-order valence-corrected chi connectivity index (χ3v) is 9.79. The van der Waals surface area contributed by atoms with E-state index < -0.39 is 35.6 Å². The number of rotatable bonds is 9. The first-order chi connectivity index (χ1) is 24.8. The van der Waals surface area contributed by atoms with Crippen molar-refractivity contribution in [2.75, 3.05) is 5.73 Å². The van der Waals surface area contributed by atoms with Crippen molar-refractivity contribution in [1.29, 1.82) is 0 Å². The van der Waals surface area contributed by atoms with Gasteiger partial charge in [0.15, 0.2) is 5.65 Å². The van der Waals surface area contributed by atoms with Gasteiger partial charge < -0.3 is 5.73 Å². The van der Waals surface area contributed by atoms with E-state index >= 15 is 0 Å². The summed E-state index contributed by atoms with van der Waals surface area (Å²) in [7, 11) is 0. The predicted octanol–water partition coefficient (Wildman–Crippen LogP) is 9.48. The summed E-state index contributed by atoms with van der Waals surface area (Å²) in [6.07, 6.45) is -1.77. The number of alkyl halides is 4. The largest absolute Gasteiger partial charge is 0.397 e. The Morgan fingerprint density at radius 3 is 2.30 bits per heavy atom. The molecule has 3 heterocycles. The highest BCUT2D eigenvalue weighted by molar-refractivity contribution is 5.75. The Balaban J connectivity index is 0.000000252. The van der Waals surface area contributed by atoms with E-state index in [0.29, 0.717) is 45.8 Å². The molecule has 6 rings (SSSR count). The SMILES string of the molecule is C=C(C)Cn1nc(C(F)F)c2c1C(F)(F)C(C)C2.CCc1ccc(-n2c(C(Cc3cc(F)cc(F)c3)C(C)C)nc3nc(C)ccc3c2=O)c(N)c1C. The Kier molecular flexibility index (Phi) is 11.3. The van der Waals surface area contributed by atoms with Gasteiger partial charge in [-0.1, -0.05) is 45.9 Å². The Morgan fingerprint density at radius 2 is 1.72 bits per heavy atom. The maximum absolute atomic E-state index is 14.0. The average Bonchev–Trinajstić information content (AvgIpc) is 3.53. The van der Waals surface area contributed by atoms with Crippen molar-refractivity contribution in [3.63, 3.8) is 0 Å². The maximum Gasteiger partial charge on any atom is 0.292 e. The van der Waals surface area contributed by atoms with Gasteiger partial charge >= 0.3 is 0 Å². The van der Waals surface area contributed by atoms with Gasteiger partial charge in [0.05, 0.1) is 23.3 Å². The number of hydrogen-bond acceptors (Lipinski definition) is 5. The van der Waals surface area contributed by atoms with Crippen molar-refractivity contribution >= 4 is 16.7 Å². The molecule has 2 aromatic carbocycles. The number of anilines is 1. The third-order valence-electron chi connectivity index (χ3n) is 9.79. The standard InChI is InChI=1S/C28H30F2N4O.C12H14F4N2/c1-6-19-8-10-24(25(31)17(19)5)34-27(33-26-22(28(34)35)9-7-16(4)32-26)23(15(2)3)13-18-11-20(29)14-21(30)12-18;1-6(2)5-18-10-8(9(17-18)11(13)14)4-7(3)12(10,15)16/h7-12,14-15,23H,6,13,31H2,1-5H3;7,11H,1,4-5H2,2-3H3. The van der Waals surface area contributed by atoms with Crippen molar-refractivity contribution < 1.29 is 26.3 Å². The molecule has 1 aliphatic rings. The maximum atomic E-state index is 14.0. The molecule has 282 valence electrons. The smallest absolute Gasteiger partial charge is 0.292 e. The molecule has 3 aromatic heterocycles. The molecular formula is C40H44F6N6O. The van der Waals surface area contributed by atoms with Crippen LogP contribution in [-0.2, 0) is 31.7 Å². The summed E-state index contributed by atoms with van der Waals surface area (Å²) < 4.78 is 84.1. The van der Waals surface area contributed by atoms with Crippen LogP contribution < -0.4 is 11.3 Å². The minimum Gasteiger partial charge on any atom is -0.397 e. The lowest BCUT2D eigenvalue weighted by Gasteiger charge is -2.25. The van der Waals surface area contributed by atoms with Crippen LogP contribution in [0.1, 0.15) is 92.1 Å². The van der Waals surface area contributed by atoms with E-state index in [2.05, 4.69) is 23.6 Å². The number of nitrogens with zero attached hydrogens (tertiary/aromatic N) is 5. The molecule has 53 heavy (non-hydrogen) atoms. The Labute approximate surface area is 304 Å². The molecule has 0 fully saturated rings. The van der Waals surface area contributed by atoms with Crippen molar-refractivity contribution in [2.24, 2.45) is 11.8 Å². The first-order valence-electron chi connectivity index (χ1n) is 17.5. The summed E-state index contributed by atoms with van der Waals surface area (Å²) in [5, 5.41) is 4.01. The van der Waals surface area contributed by atoms with E-state index in [4.69, 9.17) is 10.7 Å². The molecule has 0 bridgehead atoms. The molecular weight excluding hydrogens is 694 g/mol. The molecule has 0 amide bonds. The average molecular weight is 739 g/mol. The second-order valence-corrected chi connectivity index (χ2v) is 14.3. The van der Waals surface area contributed by atoms with Crippen LogP contribution in [0.4, 0.5) is 32.0 Å². The van der Waals surface area contributed by atoms with E-state index in [1.165, 1.54) is 19.1 Å². The van der Waals surface area contributed by atoms with Crippen LogP contribution in [0.15, 0.2) is 59.4 Å². The van der Waals surface area contributed by atoms with E-state index in [-0.39, 0.29) is 41.6 Å². The topological polar surface area (TPSA) is 91.6 Å². The van der Waals surface area contributed by atoms with Crippen LogP contribution in [0.25, 0.3) is 16.7 Å². The molecule has 5 aromatic rings. The molecule has 0 radical (unpaired) electrons. The van der Waals surface area contributed by atoms with Crippen LogP contribution in [0.2, 0.25) is 0 Å². The molecule has 0 saturated heterocycles. The number of hydrogen-bond donors (Lipinski definition) is 1. The zero-order valence-electron chi connectivity index (χ0n) is 30.9. The number of fused-ring (bicyclic) bond motifs is 2. The normalized spacial score (nSPS) is 15.5. The molecule has 2 atom stereocenters. The molecule has 13 heteroatoms. The van der Waals surface area contributed by atoms with Gasteiger partial charge in [-0.05, 0) is 93.0 Å². The zero-order valence-corrected chi connectivity index (χ0v) is 30.9. The molecule has 0 saturated carbocycles. The van der Waals surface area contributed by atoms with Crippen molar-refractivity contribution in [3.8, 4) is 5.69 Å². The third kappa shape index (κ3) is 7.75. The molecule has 2 N–H and O–H groups in total. The summed E-state index contributed by atoms with van der Waals surface area (Å²) in [5.74, 6) is -5.22. The number of pyridine rings is 1. The number of halogens is 6. The highest BCUT2D eigenvalue weighted by Crippen LogP contribution is 2.48. The van der Waals surface area contributed by atoms with Crippen LogP contribution in [-0.4, -0.2) is 24.3 Å². The van der Waals surface area contributed by atoms with Gasteiger partial charge in [-0.15, -0.1) is 0 Å². The second kappa shape index (κ2) is 15.2. The number of aryl methyl sites for hydroxylation is 2. The fourth-order valence-corrected chi connectivity index (χ4v) is 6.91. The lowest BCUT2D eigenvalue weighted by atomic mass is 9.87. The van der Waals surface area contributed by atoms with Crippen LogP contribution in [0.3, 0.4) is 0 Å². The van der Waals surface area contributed by atoms with E-state index in [0.717, 1.165) is 34.0 Å². The highest BCUT2D eigenvalue weighted by Gasteiger charge is 2.51. The highest BCUT2D eigenvalue weighted by atomic mass is 19.3. The minimum absolute atomic E-state index is 0.000950. The molecule has 0 aliphatic heterocycles. The number of allylic oxidation sites excluding steroid dienone is 1. The Morgan fingerprint density at radius 1 is 1.06 bits per heavy atom. The lowest BCUT2D eigenvalue weighted by Crippen LogP contribution is -2.29. The molecule has 2 unspecified atom stereocenters. The fourth-order valence-electron chi connectivity index (χ4n) is 6.91. The quantitative estimate of drug-likeness (QED) is 0.0925. The number of aromatic nitrogens is 5.